The minimum atomic E-state index is 0.0534. The molecule has 116 valence electrons. The number of aromatic nitrogens is 2. The molecule has 4 nitrogen and oxygen atoms in total. The summed E-state index contributed by atoms with van der Waals surface area (Å²) in [5.74, 6) is 1.25. The standard InChI is InChI=1S/C17H27N3O/c1-13(2)11-17(7-3-4-8-17)12-19-15-16(21)20(10-9-18-15)14-5-6-14/h9-10,13-14H,3-8,11-12H2,1-2H3,(H,18,19). The van der Waals surface area contributed by atoms with E-state index < -0.39 is 0 Å². The van der Waals surface area contributed by atoms with Crippen molar-refractivity contribution in [2.24, 2.45) is 11.3 Å². The number of nitrogens with zero attached hydrogens (tertiary/aromatic N) is 2. The van der Waals surface area contributed by atoms with Crippen molar-refractivity contribution >= 4 is 5.82 Å². The van der Waals surface area contributed by atoms with Crippen molar-refractivity contribution in [1.82, 2.24) is 9.55 Å². The molecule has 1 heterocycles. The van der Waals surface area contributed by atoms with Gasteiger partial charge >= 0.3 is 0 Å². The molecule has 2 aliphatic rings. The summed E-state index contributed by atoms with van der Waals surface area (Å²) >= 11 is 0. The molecule has 2 saturated carbocycles. The molecule has 0 aromatic carbocycles. The van der Waals surface area contributed by atoms with Gasteiger partial charge in [-0.25, -0.2) is 4.98 Å². The first-order valence-corrected chi connectivity index (χ1v) is 8.41. The maximum Gasteiger partial charge on any atom is 0.293 e. The molecule has 3 rings (SSSR count). The summed E-state index contributed by atoms with van der Waals surface area (Å²) in [6, 6.07) is 0.414. The summed E-state index contributed by atoms with van der Waals surface area (Å²) in [5.41, 5.74) is 0.417. The van der Waals surface area contributed by atoms with Crippen LogP contribution in [0.3, 0.4) is 0 Å². The molecular formula is C17H27N3O. The van der Waals surface area contributed by atoms with Gasteiger partial charge in [-0.3, -0.25) is 4.79 Å². The molecule has 21 heavy (non-hydrogen) atoms. The lowest BCUT2D eigenvalue weighted by molar-refractivity contribution is 0.252. The van der Waals surface area contributed by atoms with E-state index in [0.29, 0.717) is 23.2 Å². The molecule has 0 aliphatic heterocycles. The van der Waals surface area contributed by atoms with Gasteiger partial charge in [-0.1, -0.05) is 26.7 Å². The molecule has 1 aromatic rings. The minimum Gasteiger partial charge on any atom is -0.365 e. The topological polar surface area (TPSA) is 46.9 Å². The maximum absolute atomic E-state index is 12.4. The van der Waals surface area contributed by atoms with Gasteiger partial charge in [-0.05, 0) is 43.4 Å². The average molecular weight is 289 g/mol. The van der Waals surface area contributed by atoms with E-state index in [1.54, 1.807) is 6.20 Å². The van der Waals surface area contributed by atoms with E-state index >= 15 is 0 Å². The largest absolute Gasteiger partial charge is 0.365 e. The van der Waals surface area contributed by atoms with E-state index in [1.165, 1.54) is 32.1 Å². The third kappa shape index (κ3) is 3.30. The predicted octanol–water partition coefficient (Wildman–Crippen LogP) is 3.60. The summed E-state index contributed by atoms with van der Waals surface area (Å²) in [7, 11) is 0. The Balaban J connectivity index is 1.71. The molecule has 0 saturated heterocycles. The lowest BCUT2D eigenvalue weighted by Gasteiger charge is -2.31. The third-order valence-electron chi connectivity index (χ3n) is 4.94. The van der Waals surface area contributed by atoms with Crippen molar-refractivity contribution in [2.75, 3.05) is 11.9 Å². The highest BCUT2D eigenvalue weighted by Gasteiger charge is 2.34. The lowest BCUT2D eigenvalue weighted by atomic mass is 9.78. The number of anilines is 1. The zero-order chi connectivity index (χ0) is 14.9. The first-order chi connectivity index (χ1) is 10.1. The molecule has 1 N–H and O–H groups in total. The highest BCUT2D eigenvalue weighted by atomic mass is 16.1. The van der Waals surface area contributed by atoms with Gasteiger partial charge in [0, 0.05) is 25.0 Å². The molecule has 0 radical (unpaired) electrons. The molecule has 1 aromatic heterocycles. The fourth-order valence-electron chi connectivity index (χ4n) is 3.90. The molecule has 4 heteroatoms. The quantitative estimate of drug-likeness (QED) is 0.870. The summed E-state index contributed by atoms with van der Waals surface area (Å²) in [4.78, 5) is 16.7. The second-order valence-corrected chi connectivity index (χ2v) is 7.38. The second kappa shape index (κ2) is 5.82. The SMILES string of the molecule is CC(C)CC1(CNc2nccn(C3CC3)c2=O)CCCC1. The van der Waals surface area contributed by atoms with E-state index in [9.17, 15) is 4.79 Å². The molecule has 0 unspecified atom stereocenters. The highest BCUT2D eigenvalue weighted by molar-refractivity contribution is 5.31. The van der Waals surface area contributed by atoms with E-state index in [-0.39, 0.29) is 5.56 Å². The second-order valence-electron chi connectivity index (χ2n) is 7.38. The van der Waals surface area contributed by atoms with E-state index in [2.05, 4.69) is 24.1 Å². The minimum absolute atomic E-state index is 0.0534. The Morgan fingerprint density at radius 2 is 2.10 bits per heavy atom. The molecule has 0 spiro atoms. The first-order valence-electron chi connectivity index (χ1n) is 8.41. The number of hydrogen-bond acceptors (Lipinski definition) is 3. The Kier molecular flexibility index (Phi) is 4.05. The molecule has 0 bridgehead atoms. The van der Waals surface area contributed by atoms with Crippen LogP contribution in [-0.2, 0) is 0 Å². The van der Waals surface area contributed by atoms with Crippen LogP contribution < -0.4 is 10.9 Å². The van der Waals surface area contributed by atoms with Gasteiger partial charge in [-0.15, -0.1) is 0 Å². The van der Waals surface area contributed by atoms with Crippen LogP contribution in [0.15, 0.2) is 17.2 Å². The van der Waals surface area contributed by atoms with Crippen molar-refractivity contribution in [2.45, 2.75) is 64.8 Å². The van der Waals surface area contributed by atoms with Gasteiger partial charge in [0.1, 0.15) is 0 Å². The van der Waals surface area contributed by atoms with Crippen LogP contribution in [0.2, 0.25) is 0 Å². The van der Waals surface area contributed by atoms with Crippen LogP contribution in [0.25, 0.3) is 0 Å². The third-order valence-corrected chi connectivity index (χ3v) is 4.94. The van der Waals surface area contributed by atoms with Crippen LogP contribution in [-0.4, -0.2) is 16.1 Å². The molecule has 0 amide bonds. The average Bonchev–Trinajstić information content (AvgIpc) is 3.18. The Labute approximate surface area is 127 Å². The van der Waals surface area contributed by atoms with Gasteiger partial charge in [0.2, 0.25) is 0 Å². The fraction of sp³-hybridized carbons (Fsp3) is 0.765. The van der Waals surface area contributed by atoms with Crippen LogP contribution in [0.1, 0.15) is 64.8 Å². The Bertz CT molecular complexity index is 539. The van der Waals surface area contributed by atoms with Gasteiger partial charge in [0.25, 0.3) is 5.56 Å². The van der Waals surface area contributed by atoms with Gasteiger partial charge in [0.15, 0.2) is 5.82 Å². The zero-order valence-electron chi connectivity index (χ0n) is 13.3. The highest BCUT2D eigenvalue weighted by Crippen LogP contribution is 2.43. The number of nitrogens with one attached hydrogen (secondary N) is 1. The first kappa shape index (κ1) is 14.6. The van der Waals surface area contributed by atoms with Gasteiger partial charge in [0.05, 0.1) is 0 Å². The van der Waals surface area contributed by atoms with Gasteiger partial charge in [-0.2, -0.15) is 0 Å². The van der Waals surface area contributed by atoms with Gasteiger partial charge < -0.3 is 9.88 Å². The van der Waals surface area contributed by atoms with Crippen molar-refractivity contribution in [1.29, 1.82) is 0 Å². The van der Waals surface area contributed by atoms with Crippen LogP contribution in [0.4, 0.5) is 5.82 Å². The summed E-state index contributed by atoms with van der Waals surface area (Å²) in [6.45, 7) is 5.48. The normalized spacial score (nSPS) is 20.9. The molecule has 2 aliphatic carbocycles. The zero-order valence-corrected chi connectivity index (χ0v) is 13.3. The lowest BCUT2D eigenvalue weighted by Crippen LogP contribution is -2.32. The van der Waals surface area contributed by atoms with E-state index in [4.69, 9.17) is 0 Å². The van der Waals surface area contributed by atoms with Crippen LogP contribution in [0, 0.1) is 11.3 Å². The fourth-order valence-corrected chi connectivity index (χ4v) is 3.90. The summed E-state index contributed by atoms with van der Waals surface area (Å²) in [6.07, 6.45) is 12.3. The molecule has 0 atom stereocenters. The number of rotatable bonds is 6. The Morgan fingerprint density at radius 3 is 2.71 bits per heavy atom. The van der Waals surface area contributed by atoms with Crippen LogP contribution in [0.5, 0.6) is 0 Å². The maximum atomic E-state index is 12.4. The predicted molar refractivity (Wildman–Crippen MR) is 85.6 cm³/mol. The number of hydrogen-bond donors (Lipinski definition) is 1. The summed E-state index contributed by atoms with van der Waals surface area (Å²) in [5, 5.41) is 3.38. The van der Waals surface area contributed by atoms with E-state index in [1.807, 2.05) is 10.8 Å². The van der Waals surface area contributed by atoms with Crippen molar-refractivity contribution < 1.29 is 0 Å². The molecular weight excluding hydrogens is 262 g/mol. The molecule has 2 fully saturated rings. The summed E-state index contributed by atoms with van der Waals surface area (Å²) < 4.78 is 1.85. The smallest absolute Gasteiger partial charge is 0.293 e. The van der Waals surface area contributed by atoms with Crippen molar-refractivity contribution in [3.8, 4) is 0 Å². The van der Waals surface area contributed by atoms with Crippen LogP contribution >= 0.6 is 0 Å². The van der Waals surface area contributed by atoms with E-state index in [0.717, 1.165) is 19.4 Å². The van der Waals surface area contributed by atoms with Crippen molar-refractivity contribution in [3.05, 3.63) is 22.7 Å². The Morgan fingerprint density at radius 1 is 1.38 bits per heavy atom. The Hall–Kier alpha value is -1.32. The van der Waals surface area contributed by atoms with Crippen molar-refractivity contribution in [3.63, 3.8) is 0 Å². The monoisotopic (exact) mass is 289 g/mol.